The average Bonchev–Trinajstić information content (AvgIpc) is 3.22. The SMILES string of the molecule is Cc1cc(O)c2c(c1)C(=O)C13C(=C2O)C(=O)[C@H]2[C@H](C)[C@H]1[C@H]1[C@H](C)[C@H]3C(=O)C3=C(O)c4c(O)cc(C)cc4C(=O)C312. The number of fused-ring (bicyclic) bond motifs is 4. The van der Waals surface area contributed by atoms with E-state index >= 15 is 0 Å². The quantitative estimate of drug-likeness (QED) is 0.389. The smallest absolute Gasteiger partial charge is 0.175 e. The van der Waals surface area contributed by atoms with E-state index in [1.807, 2.05) is 13.8 Å². The lowest BCUT2D eigenvalue weighted by atomic mass is 9.44. The number of aryl methyl sites for hydroxylation is 2. The summed E-state index contributed by atoms with van der Waals surface area (Å²) in [5.41, 5.74) is -2.92. The van der Waals surface area contributed by atoms with Gasteiger partial charge in [0, 0.05) is 23.0 Å². The van der Waals surface area contributed by atoms with Gasteiger partial charge in [-0.1, -0.05) is 13.8 Å². The van der Waals surface area contributed by atoms with Crippen molar-refractivity contribution < 1.29 is 39.6 Å². The monoisotopic (exact) mass is 538 g/mol. The zero-order chi connectivity index (χ0) is 28.5. The topological polar surface area (TPSA) is 149 Å². The summed E-state index contributed by atoms with van der Waals surface area (Å²) in [4.78, 5) is 58.8. The first-order valence-corrected chi connectivity index (χ1v) is 13.6. The molecule has 202 valence electrons. The predicted molar refractivity (Wildman–Crippen MR) is 141 cm³/mol. The van der Waals surface area contributed by atoms with Gasteiger partial charge >= 0.3 is 0 Å². The van der Waals surface area contributed by atoms with Crippen molar-refractivity contribution in [3.05, 3.63) is 68.8 Å². The van der Waals surface area contributed by atoms with Gasteiger partial charge in [-0.2, -0.15) is 0 Å². The first-order chi connectivity index (χ1) is 18.8. The Hall–Kier alpha value is -4.20. The summed E-state index contributed by atoms with van der Waals surface area (Å²) in [6, 6.07) is 5.90. The van der Waals surface area contributed by atoms with Crippen molar-refractivity contribution in [1.82, 2.24) is 0 Å². The maximum Gasteiger partial charge on any atom is 0.175 e. The summed E-state index contributed by atoms with van der Waals surface area (Å²) >= 11 is 0. The molecule has 0 heterocycles. The van der Waals surface area contributed by atoms with Crippen molar-refractivity contribution in [2.45, 2.75) is 27.7 Å². The lowest BCUT2D eigenvalue weighted by Crippen LogP contribution is -2.62. The number of aliphatic hydroxyl groups is 2. The van der Waals surface area contributed by atoms with Crippen LogP contribution in [0.1, 0.15) is 56.8 Å². The van der Waals surface area contributed by atoms with Crippen LogP contribution >= 0.6 is 0 Å². The fourth-order valence-corrected chi connectivity index (χ4v) is 10.5. The Kier molecular flexibility index (Phi) is 3.89. The molecule has 2 aromatic rings. The Morgan fingerprint density at radius 2 is 0.950 bits per heavy atom. The molecule has 8 atom stereocenters. The second kappa shape index (κ2) is 6.57. The van der Waals surface area contributed by atoms with Crippen LogP contribution in [0, 0.1) is 60.2 Å². The second-order valence-corrected chi connectivity index (χ2v) is 12.7. The third kappa shape index (κ3) is 1.97. The number of hydrogen-bond acceptors (Lipinski definition) is 8. The number of Topliss-reactive ketones (excluding diaryl/α,β-unsaturated/α-hetero) is 4. The standard InChI is InChI=1S/C32H26O8/c1-9-5-13-17(15(33)7-9)25(35)23-28(38)22-11(3)19-20-12(4)21(31(19,23)29(13)39)27(37)24-26(36)18-14(30(40)32(20,22)24)6-10(2)8-16(18)34/h5-8,11-12,19-22,33-36H,1-4H3/t11-,12+,19+,20-,21+,22-,31?,32?. The van der Waals surface area contributed by atoms with Gasteiger partial charge in [-0.15, -0.1) is 0 Å². The molecule has 0 aromatic heterocycles. The molecule has 4 fully saturated rings. The van der Waals surface area contributed by atoms with E-state index in [0.29, 0.717) is 11.1 Å². The van der Waals surface area contributed by atoms with E-state index in [-0.39, 0.29) is 44.9 Å². The van der Waals surface area contributed by atoms with E-state index in [9.17, 15) is 39.6 Å². The fourth-order valence-electron chi connectivity index (χ4n) is 10.5. The molecular weight excluding hydrogens is 512 g/mol. The molecule has 8 heteroatoms. The van der Waals surface area contributed by atoms with Crippen LogP contribution in [0.25, 0.3) is 11.5 Å². The highest BCUT2D eigenvalue weighted by Gasteiger charge is 2.88. The molecule has 0 amide bonds. The van der Waals surface area contributed by atoms with Gasteiger partial charge in [0.15, 0.2) is 23.1 Å². The third-order valence-electron chi connectivity index (χ3n) is 11.2. The van der Waals surface area contributed by atoms with E-state index in [0.717, 1.165) is 0 Å². The highest BCUT2D eigenvalue weighted by molar-refractivity contribution is 6.30. The lowest BCUT2D eigenvalue weighted by Gasteiger charge is -2.54. The minimum atomic E-state index is -1.75. The molecule has 2 spiro atoms. The highest BCUT2D eigenvalue weighted by Crippen LogP contribution is 2.83. The molecule has 4 N–H and O–H groups in total. The van der Waals surface area contributed by atoms with Crippen LogP contribution in [0.4, 0.5) is 0 Å². The molecule has 4 saturated carbocycles. The number of hydrogen-bond donors (Lipinski definition) is 4. The van der Waals surface area contributed by atoms with Gasteiger partial charge in [0.2, 0.25) is 0 Å². The van der Waals surface area contributed by atoms with Crippen molar-refractivity contribution in [3.8, 4) is 11.5 Å². The van der Waals surface area contributed by atoms with E-state index in [1.165, 1.54) is 12.1 Å². The van der Waals surface area contributed by atoms with E-state index < -0.39 is 81.0 Å². The number of aromatic hydroxyl groups is 2. The zero-order valence-electron chi connectivity index (χ0n) is 22.2. The summed E-state index contributed by atoms with van der Waals surface area (Å²) < 4.78 is 0. The van der Waals surface area contributed by atoms with Crippen LogP contribution in [0.2, 0.25) is 0 Å². The van der Waals surface area contributed by atoms with Crippen molar-refractivity contribution in [3.63, 3.8) is 0 Å². The van der Waals surface area contributed by atoms with Gasteiger partial charge in [0.25, 0.3) is 0 Å². The third-order valence-corrected chi connectivity index (χ3v) is 11.2. The summed E-state index contributed by atoms with van der Waals surface area (Å²) in [5, 5.41) is 44.9. The molecule has 0 aliphatic heterocycles. The minimum absolute atomic E-state index is 0.0368. The Bertz CT molecular complexity index is 1680. The van der Waals surface area contributed by atoms with Crippen molar-refractivity contribution in [2.75, 3.05) is 0 Å². The number of carbonyl (C=O) groups is 4. The van der Waals surface area contributed by atoms with Gasteiger partial charge in [0.05, 0.1) is 33.1 Å². The number of phenols is 2. The van der Waals surface area contributed by atoms with Crippen molar-refractivity contribution in [2.24, 2.45) is 46.3 Å². The molecule has 0 radical (unpaired) electrons. The molecule has 4 bridgehead atoms. The summed E-state index contributed by atoms with van der Waals surface area (Å²) in [6.07, 6.45) is 0. The van der Waals surface area contributed by atoms with Crippen LogP contribution in [-0.4, -0.2) is 43.6 Å². The summed E-state index contributed by atoms with van der Waals surface area (Å²) in [6.45, 7) is 7.02. The van der Waals surface area contributed by atoms with Gasteiger partial charge in [-0.25, -0.2) is 0 Å². The van der Waals surface area contributed by atoms with E-state index in [1.54, 1.807) is 26.0 Å². The maximum absolute atomic E-state index is 14.8. The summed E-state index contributed by atoms with van der Waals surface area (Å²) in [7, 11) is 0. The predicted octanol–water partition coefficient (Wildman–Crippen LogP) is 4.25. The molecule has 40 heavy (non-hydrogen) atoms. The number of carbonyl (C=O) groups excluding carboxylic acids is 4. The molecule has 8 nitrogen and oxygen atoms in total. The highest BCUT2D eigenvalue weighted by atomic mass is 16.3. The molecule has 2 aromatic carbocycles. The van der Waals surface area contributed by atoms with Gasteiger partial charge in [-0.05, 0) is 72.9 Å². The largest absolute Gasteiger partial charge is 0.507 e. The normalized spacial score (nSPS) is 38.1. The van der Waals surface area contributed by atoms with Gasteiger partial charge in [0.1, 0.15) is 23.0 Å². The molecule has 8 rings (SSSR count). The molecule has 6 aliphatic carbocycles. The van der Waals surface area contributed by atoms with Crippen molar-refractivity contribution >= 4 is 34.7 Å². The first-order valence-electron chi connectivity index (χ1n) is 13.6. The fraction of sp³-hybridized carbons (Fsp3) is 0.375. The number of benzene rings is 2. The summed E-state index contributed by atoms with van der Waals surface area (Å²) in [5.74, 6) is -8.56. The minimum Gasteiger partial charge on any atom is -0.507 e. The first kappa shape index (κ1) is 23.7. The van der Waals surface area contributed by atoms with Crippen LogP contribution in [0.15, 0.2) is 35.4 Å². The van der Waals surface area contributed by atoms with Crippen LogP contribution in [-0.2, 0) is 9.59 Å². The maximum atomic E-state index is 14.8. The van der Waals surface area contributed by atoms with Crippen molar-refractivity contribution in [1.29, 1.82) is 0 Å². The van der Waals surface area contributed by atoms with Crippen LogP contribution < -0.4 is 0 Å². The molecule has 6 aliphatic rings. The van der Waals surface area contributed by atoms with E-state index in [2.05, 4.69) is 0 Å². The lowest BCUT2D eigenvalue weighted by molar-refractivity contribution is -0.135. The van der Waals surface area contributed by atoms with Gasteiger partial charge < -0.3 is 20.4 Å². The van der Waals surface area contributed by atoms with Crippen LogP contribution in [0.3, 0.4) is 0 Å². The zero-order valence-corrected chi connectivity index (χ0v) is 22.2. The number of rotatable bonds is 0. The number of allylic oxidation sites excluding steroid dienone is 2. The Morgan fingerprint density at radius 1 is 0.600 bits per heavy atom. The number of ketones is 4. The molecule has 2 unspecified atom stereocenters. The Balaban J connectivity index is 1.55. The second-order valence-electron chi connectivity index (χ2n) is 12.7. The van der Waals surface area contributed by atoms with E-state index in [4.69, 9.17) is 0 Å². The van der Waals surface area contributed by atoms with Gasteiger partial charge in [-0.3, -0.25) is 19.2 Å². The Labute approximate surface area is 228 Å². The number of phenolic OH excluding ortho intramolecular Hbond substituents is 2. The molecular formula is C32H26O8. The molecule has 0 saturated heterocycles. The average molecular weight is 539 g/mol. The number of aliphatic hydroxyl groups excluding tert-OH is 2. The Morgan fingerprint density at radius 3 is 1.30 bits per heavy atom. The van der Waals surface area contributed by atoms with Crippen LogP contribution in [0.5, 0.6) is 11.5 Å².